The summed E-state index contributed by atoms with van der Waals surface area (Å²) < 4.78 is 3.50. The minimum absolute atomic E-state index is 0.0901. The van der Waals surface area contributed by atoms with Crippen LogP contribution < -0.4 is 11.5 Å². The van der Waals surface area contributed by atoms with E-state index < -0.39 is 5.54 Å². The maximum atomic E-state index is 6.54. The summed E-state index contributed by atoms with van der Waals surface area (Å²) in [5.74, 6) is 0.600. The number of aryl methyl sites for hydroxylation is 1. The molecular weight excluding hydrogens is 354 g/mol. The number of nitrogens with zero attached hydrogens (tertiary/aromatic N) is 7. The van der Waals surface area contributed by atoms with Crippen molar-refractivity contribution in [3.63, 3.8) is 0 Å². The van der Waals surface area contributed by atoms with E-state index in [-0.39, 0.29) is 6.04 Å². The lowest BCUT2D eigenvalue weighted by Gasteiger charge is -2.21. The highest BCUT2D eigenvalue weighted by Crippen LogP contribution is 2.34. The van der Waals surface area contributed by atoms with Gasteiger partial charge in [-0.15, -0.1) is 5.10 Å². The third kappa shape index (κ3) is 2.76. The zero-order valence-corrected chi connectivity index (χ0v) is 15.5. The summed E-state index contributed by atoms with van der Waals surface area (Å²) in [6.07, 6.45) is 7.84. The van der Waals surface area contributed by atoms with Crippen molar-refractivity contribution in [2.45, 2.75) is 30.8 Å². The van der Waals surface area contributed by atoms with Crippen molar-refractivity contribution in [2.75, 3.05) is 0 Å². The van der Waals surface area contributed by atoms with Crippen LogP contribution in [0.4, 0.5) is 0 Å². The third-order valence-electron chi connectivity index (χ3n) is 5.38. The lowest BCUT2D eigenvalue weighted by Crippen LogP contribution is -2.37. The van der Waals surface area contributed by atoms with Gasteiger partial charge < -0.3 is 11.5 Å². The Bertz CT molecular complexity index is 1140. The summed E-state index contributed by atoms with van der Waals surface area (Å²) >= 11 is 0. The second-order valence-corrected chi connectivity index (χ2v) is 7.51. The topological polar surface area (TPSA) is 126 Å². The molecule has 4 N–H and O–H groups in total. The molecule has 1 aliphatic rings. The Labute approximate surface area is 161 Å². The fourth-order valence-corrected chi connectivity index (χ4v) is 3.83. The second kappa shape index (κ2) is 6.18. The van der Waals surface area contributed by atoms with Crippen LogP contribution in [0.25, 0.3) is 28.0 Å². The van der Waals surface area contributed by atoms with E-state index in [1.54, 1.807) is 15.6 Å². The van der Waals surface area contributed by atoms with Gasteiger partial charge in [-0.1, -0.05) is 17.3 Å². The number of fused-ring (bicyclic) bond motifs is 1. The van der Waals surface area contributed by atoms with E-state index in [0.717, 1.165) is 29.7 Å². The number of aromatic nitrogens is 7. The average molecular weight is 375 g/mol. The van der Waals surface area contributed by atoms with Crippen LogP contribution in [0, 0.1) is 0 Å². The van der Waals surface area contributed by atoms with Crippen LogP contribution >= 0.6 is 0 Å². The van der Waals surface area contributed by atoms with E-state index in [1.165, 1.54) is 0 Å². The molecule has 3 aromatic heterocycles. The van der Waals surface area contributed by atoms with Gasteiger partial charge in [0.25, 0.3) is 0 Å². The van der Waals surface area contributed by atoms with E-state index in [0.29, 0.717) is 23.4 Å². The molecule has 0 aliphatic heterocycles. The monoisotopic (exact) mass is 375 g/mol. The van der Waals surface area contributed by atoms with Gasteiger partial charge in [0.15, 0.2) is 17.0 Å². The fourth-order valence-electron chi connectivity index (χ4n) is 3.83. The number of nitrogens with two attached hydrogens (primary N) is 2. The van der Waals surface area contributed by atoms with Crippen molar-refractivity contribution in [1.82, 2.24) is 34.7 Å². The largest absolute Gasteiger partial charge is 0.328 e. The molecule has 5 rings (SSSR count). The van der Waals surface area contributed by atoms with Crippen LogP contribution in [-0.4, -0.2) is 40.8 Å². The zero-order chi connectivity index (χ0) is 19.3. The van der Waals surface area contributed by atoms with E-state index >= 15 is 0 Å². The Balaban J connectivity index is 1.53. The quantitative estimate of drug-likeness (QED) is 0.552. The minimum Gasteiger partial charge on any atom is -0.328 e. The predicted molar refractivity (Wildman–Crippen MR) is 104 cm³/mol. The Hall–Kier alpha value is -3.17. The first-order valence-electron chi connectivity index (χ1n) is 9.25. The number of hydrogen-bond donors (Lipinski definition) is 2. The molecule has 9 heteroatoms. The van der Waals surface area contributed by atoms with E-state index in [2.05, 4.69) is 20.4 Å². The molecule has 1 aliphatic carbocycles. The van der Waals surface area contributed by atoms with Gasteiger partial charge in [0.05, 0.1) is 23.6 Å². The van der Waals surface area contributed by atoms with Crippen molar-refractivity contribution in [2.24, 2.45) is 18.5 Å². The molecule has 28 heavy (non-hydrogen) atoms. The van der Waals surface area contributed by atoms with Crippen LogP contribution in [0.2, 0.25) is 0 Å². The Morgan fingerprint density at radius 1 is 1.14 bits per heavy atom. The summed E-state index contributed by atoms with van der Waals surface area (Å²) in [5, 5.41) is 12.7. The van der Waals surface area contributed by atoms with Gasteiger partial charge in [-0.25, -0.2) is 9.97 Å². The summed E-state index contributed by atoms with van der Waals surface area (Å²) in [4.78, 5) is 9.16. The molecule has 0 spiro atoms. The van der Waals surface area contributed by atoms with E-state index in [9.17, 15) is 0 Å². The van der Waals surface area contributed by atoms with Gasteiger partial charge in [0, 0.05) is 24.8 Å². The van der Waals surface area contributed by atoms with Crippen LogP contribution in [0.15, 0.2) is 42.9 Å². The first-order chi connectivity index (χ1) is 13.5. The lowest BCUT2D eigenvalue weighted by atomic mass is 9.98. The standard InChI is InChI=1S/C19H21N9/c1-27-11-13(9-23-27)12-2-4-15(5-3-12)28-17-16(25-26-28)10-22-18(24-17)19(21)7-6-14(20)8-19/h2-5,9-11,14H,6-8,20-21H2,1H3. The normalized spacial score (nSPS) is 22.2. The molecule has 4 aromatic rings. The van der Waals surface area contributed by atoms with Crippen molar-refractivity contribution in [1.29, 1.82) is 0 Å². The van der Waals surface area contributed by atoms with E-state index in [4.69, 9.17) is 16.5 Å². The minimum atomic E-state index is -0.590. The molecule has 1 aromatic carbocycles. The van der Waals surface area contributed by atoms with Crippen molar-refractivity contribution < 1.29 is 0 Å². The molecule has 2 unspecified atom stereocenters. The maximum absolute atomic E-state index is 6.54. The summed E-state index contributed by atoms with van der Waals surface area (Å²) in [6.45, 7) is 0. The molecule has 2 atom stereocenters. The van der Waals surface area contributed by atoms with Crippen LogP contribution in [0.1, 0.15) is 25.1 Å². The molecule has 0 radical (unpaired) electrons. The molecule has 0 saturated heterocycles. The number of rotatable bonds is 3. The fraction of sp³-hybridized carbons (Fsp3) is 0.316. The molecule has 142 valence electrons. The van der Waals surface area contributed by atoms with Crippen molar-refractivity contribution in [3.05, 3.63) is 48.7 Å². The summed E-state index contributed by atoms with van der Waals surface area (Å²) in [5.41, 5.74) is 16.3. The smallest absolute Gasteiger partial charge is 0.187 e. The predicted octanol–water partition coefficient (Wildman–Crippen LogP) is 1.28. The highest BCUT2D eigenvalue weighted by molar-refractivity contribution is 5.71. The highest BCUT2D eigenvalue weighted by atomic mass is 15.4. The zero-order valence-electron chi connectivity index (χ0n) is 15.5. The Morgan fingerprint density at radius 2 is 1.96 bits per heavy atom. The van der Waals surface area contributed by atoms with Crippen molar-refractivity contribution >= 4 is 11.2 Å². The second-order valence-electron chi connectivity index (χ2n) is 7.51. The number of benzene rings is 1. The molecule has 0 bridgehead atoms. The van der Waals surface area contributed by atoms with Gasteiger partial charge in [-0.05, 0) is 37.0 Å². The summed E-state index contributed by atoms with van der Waals surface area (Å²) in [6, 6.07) is 8.13. The highest BCUT2D eigenvalue weighted by Gasteiger charge is 2.38. The Kier molecular flexibility index (Phi) is 3.74. The van der Waals surface area contributed by atoms with Gasteiger partial charge in [-0.2, -0.15) is 9.78 Å². The summed E-state index contributed by atoms with van der Waals surface area (Å²) in [7, 11) is 1.90. The van der Waals surface area contributed by atoms with Crippen LogP contribution in [0.3, 0.4) is 0 Å². The molecule has 9 nitrogen and oxygen atoms in total. The van der Waals surface area contributed by atoms with Gasteiger partial charge >= 0.3 is 0 Å². The number of hydrogen-bond acceptors (Lipinski definition) is 7. The lowest BCUT2D eigenvalue weighted by molar-refractivity contribution is 0.426. The third-order valence-corrected chi connectivity index (χ3v) is 5.38. The van der Waals surface area contributed by atoms with Gasteiger partial charge in [0.1, 0.15) is 0 Å². The molecule has 0 amide bonds. The van der Waals surface area contributed by atoms with Crippen LogP contribution in [-0.2, 0) is 12.6 Å². The Morgan fingerprint density at radius 3 is 2.64 bits per heavy atom. The average Bonchev–Trinajstić information content (AvgIpc) is 3.40. The maximum Gasteiger partial charge on any atom is 0.187 e. The first kappa shape index (κ1) is 17.0. The molecular formula is C19H21N9. The molecule has 3 heterocycles. The van der Waals surface area contributed by atoms with Crippen molar-refractivity contribution in [3.8, 4) is 16.8 Å². The molecule has 1 fully saturated rings. The van der Waals surface area contributed by atoms with E-state index in [1.807, 2.05) is 43.7 Å². The molecule has 1 saturated carbocycles. The van der Waals surface area contributed by atoms with Gasteiger partial charge in [-0.3, -0.25) is 4.68 Å². The van der Waals surface area contributed by atoms with Gasteiger partial charge in [0.2, 0.25) is 0 Å². The first-order valence-corrected chi connectivity index (χ1v) is 9.25. The van der Waals surface area contributed by atoms with Crippen LogP contribution in [0.5, 0.6) is 0 Å². The SMILES string of the molecule is Cn1cc(-c2ccc(-n3nnc4cnc(C5(N)CCC(N)C5)nc43)cc2)cn1.